The lowest BCUT2D eigenvalue weighted by molar-refractivity contribution is -0.189. The molecule has 0 nitrogen and oxygen atoms in total. The maximum Gasteiger partial charge on any atom is -0.0162 e. The second-order valence-electron chi connectivity index (χ2n) is 6.82. The van der Waals surface area contributed by atoms with E-state index >= 15 is 0 Å². The summed E-state index contributed by atoms with van der Waals surface area (Å²) in [6.45, 7) is 5.13. The Morgan fingerprint density at radius 1 is 1.08 bits per heavy atom. The molecule has 5 aliphatic rings. The van der Waals surface area contributed by atoms with Gasteiger partial charge in [0.15, 0.2) is 0 Å². The fourth-order valence-electron chi connectivity index (χ4n) is 7.41. The van der Waals surface area contributed by atoms with Gasteiger partial charge >= 0.3 is 0 Å². The standard InChI is InChI=1S/C13H18/c1-6-8-5-13-10(8)7(2)11(13)12(13)4-3-9(6)12/h6-11H,3-5H2,1-2H3. The van der Waals surface area contributed by atoms with E-state index in [1.54, 1.807) is 19.3 Å². The van der Waals surface area contributed by atoms with Crippen molar-refractivity contribution in [1.82, 2.24) is 0 Å². The summed E-state index contributed by atoms with van der Waals surface area (Å²) in [5.41, 5.74) is 1.96. The molecule has 5 rings (SSSR count). The second-order valence-corrected chi connectivity index (χ2v) is 6.82. The van der Waals surface area contributed by atoms with E-state index in [-0.39, 0.29) is 0 Å². The van der Waals surface area contributed by atoms with E-state index in [0.29, 0.717) is 0 Å². The van der Waals surface area contributed by atoms with E-state index in [1.165, 1.54) is 23.7 Å². The molecular weight excluding hydrogens is 156 g/mol. The molecule has 0 amide bonds. The SMILES string of the molecule is CC1C2CC34C2C(C)C3C42CCC12. The van der Waals surface area contributed by atoms with Crippen LogP contribution in [-0.2, 0) is 0 Å². The van der Waals surface area contributed by atoms with Gasteiger partial charge in [0.25, 0.3) is 0 Å². The molecule has 0 N–H and O–H groups in total. The minimum absolute atomic E-state index is 0.964. The highest BCUT2D eigenvalue weighted by Crippen LogP contribution is 3.03. The minimum atomic E-state index is 0.964. The monoisotopic (exact) mass is 174 g/mol. The maximum atomic E-state index is 2.57. The largest absolute Gasteiger partial charge is 0.0619 e. The van der Waals surface area contributed by atoms with Crippen molar-refractivity contribution in [2.45, 2.75) is 33.1 Å². The Kier molecular flexibility index (Phi) is 0.664. The molecule has 0 aromatic heterocycles. The van der Waals surface area contributed by atoms with Crippen LogP contribution in [0.15, 0.2) is 0 Å². The van der Waals surface area contributed by atoms with E-state index in [2.05, 4.69) is 13.8 Å². The average molecular weight is 174 g/mol. The summed E-state index contributed by atoms with van der Waals surface area (Å²) in [4.78, 5) is 0. The molecule has 8 atom stereocenters. The Morgan fingerprint density at radius 3 is 2.62 bits per heavy atom. The van der Waals surface area contributed by atoms with Crippen molar-refractivity contribution in [1.29, 1.82) is 0 Å². The minimum Gasteiger partial charge on any atom is -0.0619 e. The van der Waals surface area contributed by atoms with Crippen molar-refractivity contribution in [3.8, 4) is 0 Å². The van der Waals surface area contributed by atoms with Crippen LogP contribution in [-0.4, -0.2) is 0 Å². The lowest BCUT2D eigenvalue weighted by Crippen LogP contribution is -2.61. The Hall–Kier alpha value is 0. The van der Waals surface area contributed by atoms with Crippen LogP contribution in [0.2, 0.25) is 0 Å². The van der Waals surface area contributed by atoms with Crippen molar-refractivity contribution in [3.05, 3.63) is 0 Å². The molecule has 0 aromatic carbocycles. The summed E-state index contributed by atoms with van der Waals surface area (Å²) in [5.74, 6) is 7.04. The Bertz CT molecular complexity index is 319. The van der Waals surface area contributed by atoms with E-state index < -0.39 is 0 Å². The molecule has 2 spiro atoms. The first kappa shape index (κ1) is 6.48. The first-order valence-corrected chi connectivity index (χ1v) is 6.25. The zero-order valence-corrected chi connectivity index (χ0v) is 8.59. The third kappa shape index (κ3) is 0.312. The molecule has 0 heterocycles. The van der Waals surface area contributed by atoms with Gasteiger partial charge in [0.1, 0.15) is 0 Å². The molecule has 5 saturated carbocycles. The van der Waals surface area contributed by atoms with Gasteiger partial charge in [-0.3, -0.25) is 0 Å². The van der Waals surface area contributed by atoms with Crippen molar-refractivity contribution >= 4 is 0 Å². The van der Waals surface area contributed by atoms with Crippen molar-refractivity contribution < 1.29 is 0 Å². The highest BCUT2D eigenvalue weighted by molar-refractivity contribution is 5.45. The Labute approximate surface area is 80.1 Å². The fourth-order valence-corrected chi connectivity index (χ4v) is 7.41. The normalized spacial score (nSPS) is 85.4. The fraction of sp³-hybridized carbons (Fsp3) is 1.00. The molecule has 0 radical (unpaired) electrons. The Balaban J connectivity index is 1.76. The summed E-state index contributed by atoms with van der Waals surface area (Å²) in [5, 5.41) is 0. The van der Waals surface area contributed by atoms with Crippen molar-refractivity contribution in [3.63, 3.8) is 0 Å². The van der Waals surface area contributed by atoms with Gasteiger partial charge in [0.2, 0.25) is 0 Å². The topological polar surface area (TPSA) is 0 Å². The van der Waals surface area contributed by atoms with Gasteiger partial charge in [-0.05, 0) is 65.6 Å². The summed E-state index contributed by atoms with van der Waals surface area (Å²) in [6.07, 6.45) is 4.87. The molecular formula is C13H18. The zero-order chi connectivity index (χ0) is 8.59. The summed E-state index contributed by atoms with van der Waals surface area (Å²) in [6, 6.07) is 0. The first-order valence-electron chi connectivity index (χ1n) is 6.25. The Morgan fingerprint density at radius 2 is 1.92 bits per heavy atom. The third-order valence-electron chi connectivity index (χ3n) is 7.46. The number of fused-ring (bicyclic) bond motifs is 2. The van der Waals surface area contributed by atoms with Gasteiger partial charge in [-0.2, -0.15) is 0 Å². The smallest absolute Gasteiger partial charge is 0.0162 e. The van der Waals surface area contributed by atoms with Gasteiger partial charge in [-0.25, -0.2) is 0 Å². The van der Waals surface area contributed by atoms with Crippen LogP contribution in [0.25, 0.3) is 0 Å². The number of hydrogen-bond donors (Lipinski definition) is 0. The molecule has 0 heteroatoms. The highest BCUT2D eigenvalue weighted by atomic mass is 15.0. The second kappa shape index (κ2) is 1.33. The average Bonchev–Trinajstić information content (AvgIpc) is 2.63. The van der Waals surface area contributed by atoms with Crippen LogP contribution in [0.4, 0.5) is 0 Å². The molecule has 5 aliphatic carbocycles. The van der Waals surface area contributed by atoms with Crippen LogP contribution in [0.5, 0.6) is 0 Å². The van der Waals surface area contributed by atoms with E-state index in [9.17, 15) is 0 Å². The molecule has 70 valence electrons. The summed E-state index contributed by atoms with van der Waals surface area (Å²) < 4.78 is 0. The van der Waals surface area contributed by atoms with Crippen LogP contribution in [0, 0.1) is 46.3 Å². The number of hydrogen-bond acceptors (Lipinski definition) is 0. The molecule has 0 aliphatic heterocycles. The molecule has 0 aromatic rings. The van der Waals surface area contributed by atoms with Crippen LogP contribution in [0.3, 0.4) is 0 Å². The molecule has 13 heavy (non-hydrogen) atoms. The van der Waals surface area contributed by atoms with E-state index in [0.717, 1.165) is 22.7 Å². The zero-order valence-electron chi connectivity index (χ0n) is 8.59. The maximum absolute atomic E-state index is 2.57. The molecule has 8 unspecified atom stereocenters. The van der Waals surface area contributed by atoms with Crippen LogP contribution >= 0.6 is 0 Å². The van der Waals surface area contributed by atoms with Crippen molar-refractivity contribution in [2.24, 2.45) is 46.3 Å². The quantitative estimate of drug-likeness (QED) is 0.529. The van der Waals surface area contributed by atoms with E-state index in [4.69, 9.17) is 0 Å². The van der Waals surface area contributed by atoms with Gasteiger partial charge in [0, 0.05) is 0 Å². The molecule has 0 saturated heterocycles. The first-order chi connectivity index (χ1) is 6.25. The van der Waals surface area contributed by atoms with Crippen LogP contribution < -0.4 is 0 Å². The van der Waals surface area contributed by atoms with Crippen LogP contribution in [0.1, 0.15) is 33.1 Å². The summed E-state index contributed by atoms with van der Waals surface area (Å²) >= 11 is 0. The number of rotatable bonds is 0. The highest BCUT2D eigenvalue weighted by Gasteiger charge is 2.98. The molecule has 5 fully saturated rings. The van der Waals surface area contributed by atoms with Crippen molar-refractivity contribution in [2.75, 3.05) is 0 Å². The lowest BCUT2D eigenvalue weighted by Gasteiger charge is -2.67. The predicted octanol–water partition coefficient (Wildman–Crippen LogP) is 2.93. The predicted molar refractivity (Wildman–Crippen MR) is 51.0 cm³/mol. The van der Waals surface area contributed by atoms with Gasteiger partial charge in [0.05, 0.1) is 0 Å². The van der Waals surface area contributed by atoms with E-state index in [1.807, 2.05) is 0 Å². The third-order valence-corrected chi connectivity index (χ3v) is 7.46. The molecule has 2 bridgehead atoms. The lowest BCUT2D eigenvalue weighted by atomic mass is 9.38. The van der Waals surface area contributed by atoms with Gasteiger partial charge in [-0.15, -0.1) is 0 Å². The van der Waals surface area contributed by atoms with Gasteiger partial charge in [-0.1, -0.05) is 13.8 Å². The van der Waals surface area contributed by atoms with Gasteiger partial charge < -0.3 is 0 Å². The summed E-state index contributed by atoms with van der Waals surface area (Å²) in [7, 11) is 0.